The van der Waals surface area contributed by atoms with Crippen molar-refractivity contribution in [2.24, 2.45) is 4.99 Å². The molecule has 0 unspecified atom stereocenters. The molecule has 0 aliphatic carbocycles. The Balaban J connectivity index is 1.74. The molecule has 0 radical (unpaired) electrons. The molecule has 0 saturated carbocycles. The van der Waals surface area contributed by atoms with Crippen molar-refractivity contribution >= 4 is 57.2 Å². The lowest BCUT2D eigenvalue weighted by Gasteiger charge is -2.05. The summed E-state index contributed by atoms with van der Waals surface area (Å²) < 4.78 is 0. The maximum atomic E-state index is 6.21. The van der Waals surface area contributed by atoms with E-state index in [1.54, 1.807) is 18.2 Å². The number of benzene rings is 2. The minimum Gasteiger partial charge on any atom is -0.337 e. The highest BCUT2D eigenvalue weighted by Crippen LogP contribution is 2.33. The summed E-state index contributed by atoms with van der Waals surface area (Å²) in [6, 6.07) is 16.5. The zero-order chi connectivity index (χ0) is 19.0. The molecule has 4 nitrogen and oxygen atoms in total. The van der Waals surface area contributed by atoms with Gasteiger partial charge in [0.05, 0.1) is 32.5 Å². The molecule has 0 atom stereocenters. The number of hydrogen-bond donors (Lipinski definition) is 1. The van der Waals surface area contributed by atoms with Gasteiger partial charge in [0.15, 0.2) is 5.82 Å². The maximum Gasteiger partial charge on any atom is 0.157 e. The minimum absolute atomic E-state index is 0.493. The quantitative estimate of drug-likeness (QED) is 0.377. The molecule has 134 valence electrons. The minimum atomic E-state index is 0.493. The van der Waals surface area contributed by atoms with Gasteiger partial charge in [0.25, 0.3) is 0 Å². The second-order valence-corrected chi connectivity index (χ2v) is 7.17. The first-order valence-electron chi connectivity index (χ1n) is 8.13. The number of H-pyrrole nitrogens is 1. The molecule has 0 amide bonds. The van der Waals surface area contributed by atoms with Gasteiger partial charge in [-0.15, -0.1) is 0 Å². The monoisotopic (exact) mass is 414 g/mol. The molecule has 2 aromatic heterocycles. The number of pyridine rings is 1. The number of rotatable bonds is 3. The van der Waals surface area contributed by atoms with Crippen molar-refractivity contribution in [3.05, 3.63) is 75.4 Å². The molecular weight excluding hydrogens is 403 g/mol. The largest absolute Gasteiger partial charge is 0.337 e. The molecule has 27 heavy (non-hydrogen) atoms. The molecule has 2 heterocycles. The van der Waals surface area contributed by atoms with Crippen LogP contribution in [0.15, 0.2) is 59.6 Å². The fourth-order valence-corrected chi connectivity index (χ4v) is 3.35. The van der Waals surface area contributed by atoms with Crippen molar-refractivity contribution in [2.75, 3.05) is 0 Å². The van der Waals surface area contributed by atoms with E-state index >= 15 is 0 Å². The number of hydrogen-bond acceptors (Lipinski definition) is 3. The average Bonchev–Trinajstić information content (AvgIpc) is 3.08. The number of nitrogens with one attached hydrogen (secondary N) is 1. The van der Waals surface area contributed by atoms with E-state index in [1.165, 1.54) is 0 Å². The summed E-state index contributed by atoms with van der Waals surface area (Å²) in [7, 11) is 0. The lowest BCUT2D eigenvalue weighted by atomic mass is 10.2. The molecule has 0 aliphatic rings. The van der Waals surface area contributed by atoms with Gasteiger partial charge in [0.1, 0.15) is 11.4 Å². The zero-order valence-electron chi connectivity index (χ0n) is 14.2. The normalized spacial score (nSPS) is 11.9. The van der Waals surface area contributed by atoms with Crippen molar-refractivity contribution in [3.63, 3.8) is 0 Å². The molecule has 7 heteroatoms. The van der Waals surface area contributed by atoms with Crippen molar-refractivity contribution in [1.82, 2.24) is 15.0 Å². The van der Waals surface area contributed by atoms with E-state index in [0.717, 1.165) is 11.0 Å². The lowest BCUT2D eigenvalue weighted by Crippen LogP contribution is -2.00. The molecule has 4 aromatic rings. The van der Waals surface area contributed by atoms with E-state index in [9.17, 15) is 0 Å². The summed E-state index contributed by atoms with van der Waals surface area (Å²) in [5.74, 6) is 0.665. The highest BCUT2D eigenvalue weighted by Gasteiger charge is 2.10. The molecule has 1 N–H and O–H groups in total. The number of aromatic amines is 1. The second kappa shape index (κ2) is 7.31. The second-order valence-electron chi connectivity index (χ2n) is 5.92. The Morgan fingerprint density at radius 1 is 0.926 bits per heavy atom. The van der Waals surface area contributed by atoms with E-state index in [-0.39, 0.29) is 0 Å². The standard InChI is InChI=1S/C20H13Cl3N4/c1-11(24-19-13(22)4-2-5-14(19)23)15-6-3-7-17(25-15)20-26-16-9-8-12(21)10-18(16)27-20/h2-10H,1H3,(H,26,27). The Hall–Kier alpha value is -2.40. The molecule has 4 rings (SSSR count). The third-order valence-electron chi connectivity index (χ3n) is 4.02. The molecular formula is C20H13Cl3N4. The summed E-state index contributed by atoms with van der Waals surface area (Å²) in [5.41, 5.74) is 4.34. The number of nitrogens with zero attached hydrogens (tertiary/aromatic N) is 3. The van der Waals surface area contributed by atoms with Gasteiger partial charge >= 0.3 is 0 Å². The summed E-state index contributed by atoms with van der Waals surface area (Å²) in [6.45, 7) is 1.87. The van der Waals surface area contributed by atoms with Gasteiger partial charge in [0.2, 0.25) is 0 Å². The van der Waals surface area contributed by atoms with Crippen LogP contribution in [0.5, 0.6) is 0 Å². The van der Waals surface area contributed by atoms with Gasteiger partial charge in [0, 0.05) is 5.02 Å². The van der Waals surface area contributed by atoms with Crippen LogP contribution in [-0.2, 0) is 0 Å². The predicted molar refractivity (Wildman–Crippen MR) is 113 cm³/mol. The van der Waals surface area contributed by atoms with Gasteiger partial charge in [-0.25, -0.2) is 15.0 Å². The number of fused-ring (bicyclic) bond motifs is 1. The molecule has 0 saturated heterocycles. The third-order valence-corrected chi connectivity index (χ3v) is 4.87. The van der Waals surface area contributed by atoms with Crippen molar-refractivity contribution in [3.8, 4) is 11.5 Å². The van der Waals surface area contributed by atoms with Crippen LogP contribution in [0.4, 0.5) is 5.69 Å². The van der Waals surface area contributed by atoms with Crippen LogP contribution in [0.1, 0.15) is 12.6 Å². The third kappa shape index (κ3) is 3.69. The summed E-state index contributed by atoms with van der Waals surface area (Å²) in [4.78, 5) is 17.1. The first-order chi connectivity index (χ1) is 13.0. The fourth-order valence-electron chi connectivity index (χ4n) is 2.69. The van der Waals surface area contributed by atoms with Crippen LogP contribution in [-0.4, -0.2) is 20.7 Å². The van der Waals surface area contributed by atoms with Crippen LogP contribution >= 0.6 is 34.8 Å². The van der Waals surface area contributed by atoms with E-state index < -0.39 is 0 Å². The van der Waals surface area contributed by atoms with Gasteiger partial charge < -0.3 is 4.98 Å². The summed E-state index contributed by atoms with van der Waals surface area (Å²) >= 11 is 18.5. The van der Waals surface area contributed by atoms with Crippen LogP contribution < -0.4 is 0 Å². The maximum absolute atomic E-state index is 6.21. The Kier molecular flexibility index (Phi) is 4.87. The van der Waals surface area contributed by atoms with Crippen LogP contribution in [0.2, 0.25) is 15.1 Å². The van der Waals surface area contributed by atoms with Gasteiger partial charge in [-0.3, -0.25) is 0 Å². The van der Waals surface area contributed by atoms with Crippen LogP contribution in [0.3, 0.4) is 0 Å². The Morgan fingerprint density at radius 2 is 1.67 bits per heavy atom. The average molecular weight is 416 g/mol. The Bertz CT molecular complexity index is 1160. The summed E-state index contributed by atoms with van der Waals surface area (Å²) in [6.07, 6.45) is 0. The van der Waals surface area contributed by atoms with Gasteiger partial charge in [-0.2, -0.15) is 0 Å². The fraction of sp³-hybridized carbons (Fsp3) is 0.0500. The number of para-hydroxylation sites is 1. The van der Waals surface area contributed by atoms with E-state index in [1.807, 2.05) is 43.3 Å². The Morgan fingerprint density at radius 3 is 2.44 bits per heavy atom. The molecule has 2 aromatic carbocycles. The van der Waals surface area contributed by atoms with Crippen molar-refractivity contribution in [2.45, 2.75) is 6.92 Å². The van der Waals surface area contributed by atoms with Crippen LogP contribution in [0.25, 0.3) is 22.6 Å². The number of aliphatic imine (C=N–C) groups is 1. The van der Waals surface area contributed by atoms with Crippen LogP contribution in [0, 0.1) is 0 Å². The molecule has 0 spiro atoms. The number of imidazole rings is 1. The topological polar surface area (TPSA) is 53.9 Å². The first kappa shape index (κ1) is 18.0. The Labute approximate surface area is 170 Å². The zero-order valence-corrected chi connectivity index (χ0v) is 16.4. The molecule has 0 bridgehead atoms. The lowest BCUT2D eigenvalue weighted by molar-refractivity contribution is 1.21. The van der Waals surface area contributed by atoms with E-state index in [0.29, 0.717) is 43.7 Å². The summed E-state index contributed by atoms with van der Waals surface area (Å²) in [5, 5.41) is 1.64. The van der Waals surface area contributed by atoms with Crippen molar-refractivity contribution in [1.29, 1.82) is 0 Å². The molecule has 0 fully saturated rings. The van der Waals surface area contributed by atoms with Crippen molar-refractivity contribution < 1.29 is 0 Å². The van der Waals surface area contributed by atoms with E-state index in [2.05, 4.69) is 19.9 Å². The number of halogens is 3. The van der Waals surface area contributed by atoms with Gasteiger partial charge in [-0.05, 0) is 49.4 Å². The highest BCUT2D eigenvalue weighted by atomic mass is 35.5. The van der Waals surface area contributed by atoms with Gasteiger partial charge in [-0.1, -0.05) is 46.9 Å². The first-order valence-corrected chi connectivity index (χ1v) is 9.27. The SMILES string of the molecule is CC(=Nc1c(Cl)cccc1Cl)c1cccc(-c2nc3ccc(Cl)cc3[nH]2)n1. The highest BCUT2D eigenvalue weighted by molar-refractivity contribution is 6.39. The number of aromatic nitrogens is 3. The smallest absolute Gasteiger partial charge is 0.157 e. The molecule has 0 aliphatic heterocycles. The predicted octanol–water partition coefficient (Wildman–Crippen LogP) is 6.73. The van der Waals surface area contributed by atoms with E-state index in [4.69, 9.17) is 34.8 Å².